The Morgan fingerprint density at radius 2 is 1.41 bits per heavy atom. The van der Waals surface area contributed by atoms with Crippen LogP contribution in [0.4, 0.5) is 33.3 Å². The number of esters is 2. The molecule has 0 aliphatic rings. The zero-order valence-corrected chi connectivity index (χ0v) is 21.6. The molecule has 0 fully saturated rings. The molecule has 41 heavy (non-hydrogen) atoms. The number of carbonyl (C=O) groups is 2. The normalized spacial score (nSPS) is 11.8. The third kappa shape index (κ3) is 9.82. The molecule has 0 aromatic heterocycles. The Hall–Kier alpha value is -4.61. The first kappa shape index (κ1) is 30.9. The van der Waals surface area contributed by atoms with Gasteiger partial charge in [-0.2, -0.15) is 22.0 Å². The number of rotatable bonds is 12. The molecule has 0 amide bonds. The van der Waals surface area contributed by atoms with Crippen molar-refractivity contribution in [3.63, 3.8) is 0 Å². The van der Waals surface area contributed by atoms with Gasteiger partial charge in [0, 0.05) is 30.3 Å². The molecule has 0 saturated heterocycles. The van der Waals surface area contributed by atoms with E-state index in [1.54, 1.807) is 30.3 Å². The Morgan fingerprint density at radius 3 is 2.02 bits per heavy atom. The van der Waals surface area contributed by atoms with E-state index >= 15 is 0 Å². The number of nitrogens with two attached hydrogens (primary N) is 2. The van der Waals surface area contributed by atoms with E-state index in [-0.39, 0.29) is 30.3 Å². The standard InChI is InChI=1S/C29H27F5N2O5/c30-28(31,29(32,33)34)13-1-14-39-24-9-5-21(6-10-24)27(38)41-25-7-2-19(3-8-25)4-11-26(37)40-15-12-20-16-22(35)18-23(36)17-20/h2-11,16-18H,1,12-15,35-36H2/b11-4+. The summed E-state index contributed by atoms with van der Waals surface area (Å²) in [5.74, 6) is -5.57. The maximum absolute atomic E-state index is 12.9. The average molecular weight is 579 g/mol. The van der Waals surface area contributed by atoms with Gasteiger partial charge in [-0.15, -0.1) is 0 Å². The third-order valence-corrected chi connectivity index (χ3v) is 5.58. The molecule has 0 spiro atoms. The van der Waals surface area contributed by atoms with Crippen molar-refractivity contribution >= 4 is 29.4 Å². The lowest BCUT2D eigenvalue weighted by Crippen LogP contribution is -2.36. The highest BCUT2D eigenvalue weighted by Gasteiger charge is 2.56. The van der Waals surface area contributed by atoms with Crippen molar-refractivity contribution in [1.82, 2.24) is 0 Å². The highest BCUT2D eigenvalue weighted by molar-refractivity contribution is 5.91. The Labute approximate surface area is 232 Å². The van der Waals surface area contributed by atoms with Crippen LogP contribution in [0, 0.1) is 0 Å². The second kappa shape index (κ2) is 13.6. The molecule has 0 bridgehead atoms. The number of hydrogen-bond donors (Lipinski definition) is 2. The average Bonchev–Trinajstić information content (AvgIpc) is 2.90. The van der Waals surface area contributed by atoms with Crippen molar-refractivity contribution in [2.45, 2.75) is 31.4 Å². The lowest BCUT2D eigenvalue weighted by Gasteiger charge is -2.19. The summed E-state index contributed by atoms with van der Waals surface area (Å²) in [4.78, 5) is 24.4. The summed E-state index contributed by atoms with van der Waals surface area (Å²) in [5.41, 5.74) is 14.2. The highest BCUT2D eigenvalue weighted by Crippen LogP contribution is 2.38. The van der Waals surface area contributed by atoms with Gasteiger partial charge in [0.25, 0.3) is 0 Å². The Balaban J connectivity index is 1.41. The quantitative estimate of drug-likeness (QED) is 0.0655. The minimum atomic E-state index is -5.60. The first-order valence-electron chi connectivity index (χ1n) is 12.3. The molecule has 0 heterocycles. The number of alkyl halides is 5. The summed E-state index contributed by atoms with van der Waals surface area (Å²) in [6, 6.07) is 16.9. The molecule has 3 rings (SSSR count). The lowest BCUT2D eigenvalue weighted by atomic mass is 10.1. The maximum atomic E-state index is 12.9. The summed E-state index contributed by atoms with van der Waals surface area (Å²) in [7, 11) is 0. The van der Waals surface area contributed by atoms with Gasteiger partial charge >= 0.3 is 24.0 Å². The van der Waals surface area contributed by atoms with Gasteiger partial charge in [-0.3, -0.25) is 0 Å². The SMILES string of the molecule is Nc1cc(N)cc(CCOC(=O)/C=C/c2ccc(OC(=O)c3ccc(OCCCC(F)(F)C(F)(F)F)cc3)cc2)c1. The molecule has 0 unspecified atom stereocenters. The van der Waals surface area contributed by atoms with Crippen molar-refractivity contribution < 1.29 is 45.8 Å². The number of nitrogen functional groups attached to an aromatic ring is 2. The van der Waals surface area contributed by atoms with Crippen molar-refractivity contribution in [1.29, 1.82) is 0 Å². The number of anilines is 2. The zero-order chi connectivity index (χ0) is 30.0. The summed E-state index contributed by atoms with van der Waals surface area (Å²) in [6.45, 7) is -0.207. The van der Waals surface area contributed by atoms with Crippen LogP contribution in [-0.2, 0) is 16.0 Å². The molecule has 4 N–H and O–H groups in total. The van der Waals surface area contributed by atoms with Crippen LogP contribution in [0.1, 0.15) is 34.3 Å². The van der Waals surface area contributed by atoms with Crippen LogP contribution in [0.2, 0.25) is 0 Å². The van der Waals surface area contributed by atoms with Crippen molar-refractivity contribution in [2.24, 2.45) is 0 Å². The fourth-order valence-electron chi connectivity index (χ4n) is 3.50. The van der Waals surface area contributed by atoms with Crippen LogP contribution in [0.5, 0.6) is 11.5 Å². The first-order chi connectivity index (χ1) is 19.3. The molecule has 12 heteroatoms. The summed E-state index contributed by atoms with van der Waals surface area (Å²) < 4.78 is 78.0. The van der Waals surface area contributed by atoms with Gasteiger partial charge in [-0.25, -0.2) is 9.59 Å². The molecule has 3 aromatic rings. The fourth-order valence-corrected chi connectivity index (χ4v) is 3.50. The Morgan fingerprint density at radius 1 is 0.805 bits per heavy atom. The van der Waals surface area contributed by atoms with Gasteiger partial charge in [-0.1, -0.05) is 12.1 Å². The molecule has 0 atom stereocenters. The second-order valence-electron chi connectivity index (χ2n) is 8.90. The summed E-state index contributed by atoms with van der Waals surface area (Å²) >= 11 is 0. The first-order valence-corrected chi connectivity index (χ1v) is 12.3. The van der Waals surface area contributed by atoms with Gasteiger partial charge in [0.05, 0.1) is 18.8 Å². The predicted molar refractivity (Wildman–Crippen MR) is 143 cm³/mol. The predicted octanol–water partition coefficient (Wildman–Crippen LogP) is 6.23. The van der Waals surface area contributed by atoms with E-state index in [1.807, 2.05) is 0 Å². The number of benzene rings is 3. The van der Waals surface area contributed by atoms with E-state index in [2.05, 4.69) is 0 Å². The Bertz CT molecular complexity index is 1340. The molecule has 0 aliphatic carbocycles. The fraction of sp³-hybridized carbons (Fsp3) is 0.241. The van der Waals surface area contributed by atoms with E-state index in [9.17, 15) is 31.5 Å². The van der Waals surface area contributed by atoms with E-state index < -0.39 is 36.9 Å². The van der Waals surface area contributed by atoms with E-state index in [1.165, 1.54) is 48.6 Å². The third-order valence-electron chi connectivity index (χ3n) is 5.58. The number of ether oxygens (including phenoxy) is 3. The van der Waals surface area contributed by atoms with Gasteiger partial charge in [0.1, 0.15) is 11.5 Å². The maximum Gasteiger partial charge on any atom is 0.453 e. The molecule has 3 aromatic carbocycles. The van der Waals surface area contributed by atoms with Crippen molar-refractivity contribution in [3.8, 4) is 11.5 Å². The van der Waals surface area contributed by atoms with Crippen molar-refractivity contribution in [3.05, 3.63) is 89.5 Å². The van der Waals surface area contributed by atoms with Gasteiger partial charge in [0.15, 0.2) is 0 Å². The van der Waals surface area contributed by atoms with Gasteiger partial charge in [0.2, 0.25) is 0 Å². The summed E-state index contributed by atoms with van der Waals surface area (Å²) in [5, 5.41) is 0. The number of halogens is 5. The second-order valence-corrected chi connectivity index (χ2v) is 8.90. The van der Waals surface area contributed by atoms with Crippen LogP contribution in [-0.4, -0.2) is 37.3 Å². The molecule has 0 saturated carbocycles. The van der Waals surface area contributed by atoms with E-state index in [0.717, 1.165) is 5.56 Å². The monoisotopic (exact) mass is 578 g/mol. The minimum Gasteiger partial charge on any atom is -0.494 e. The van der Waals surface area contributed by atoms with Crippen molar-refractivity contribution in [2.75, 3.05) is 24.7 Å². The number of carbonyl (C=O) groups excluding carboxylic acids is 2. The molecule has 0 aliphatic heterocycles. The molecule has 218 valence electrons. The zero-order valence-electron chi connectivity index (χ0n) is 21.6. The molecule has 7 nitrogen and oxygen atoms in total. The molecular weight excluding hydrogens is 551 g/mol. The number of hydrogen-bond acceptors (Lipinski definition) is 7. The van der Waals surface area contributed by atoms with Crippen LogP contribution < -0.4 is 20.9 Å². The van der Waals surface area contributed by atoms with Crippen LogP contribution in [0.25, 0.3) is 6.08 Å². The smallest absolute Gasteiger partial charge is 0.453 e. The summed E-state index contributed by atoms with van der Waals surface area (Å²) in [6.07, 6.45) is -4.24. The van der Waals surface area contributed by atoms with Gasteiger partial charge in [-0.05, 0) is 78.2 Å². The van der Waals surface area contributed by atoms with Crippen LogP contribution in [0.3, 0.4) is 0 Å². The van der Waals surface area contributed by atoms with Gasteiger partial charge < -0.3 is 25.7 Å². The minimum absolute atomic E-state index is 0.148. The van der Waals surface area contributed by atoms with E-state index in [4.69, 9.17) is 25.7 Å². The largest absolute Gasteiger partial charge is 0.494 e. The Kier molecular flexibility index (Phi) is 10.3. The highest BCUT2D eigenvalue weighted by atomic mass is 19.4. The van der Waals surface area contributed by atoms with Crippen LogP contribution in [0.15, 0.2) is 72.8 Å². The topological polar surface area (TPSA) is 114 Å². The lowest BCUT2D eigenvalue weighted by molar-refractivity contribution is -0.284. The molecular formula is C29H27F5N2O5. The van der Waals surface area contributed by atoms with Crippen LogP contribution >= 0.6 is 0 Å². The molecule has 0 radical (unpaired) electrons. The van der Waals surface area contributed by atoms with E-state index in [0.29, 0.717) is 23.4 Å².